The maximum Gasteiger partial charge on any atom is 0.272 e. The zero-order valence-corrected chi connectivity index (χ0v) is 19.0. The third-order valence-electron chi connectivity index (χ3n) is 4.53. The van der Waals surface area contributed by atoms with E-state index in [-0.39, 0.29) is 28.5 Å². The summed E-state index contributed by atoms with van der Waals surface area (Å²) in [6, 6.07) is 20.3. The third kappa shape index (κ3) is 5.56. The van der Waals surface area contributed by atoms with Crippen molar-refractivity contribution in [2.24, 2.45) is 0 Å². The first-order chi connectivity index (χ1) is 15.9. The molecule has 0 atom stereocenters. The predicted molar refractivity (Wildman–Crippen MR) is 125 cm³/mol. The minimum absolute atomic E-state index is 0.177. The zero-order valence-electron chi connectivity index (χ0n) is 18.2. The van der Waals surface area contributed by atoms with Gasteiger partial charge in [-0.05, 0) is 30.3 Å². The lowest BCUT2D eigenvalue weighted by Crippen LogP contribution is -2.15. The van der Waals surface area contributed by atoms with Gasteiger partial charge in [0.05, 0.1) is 32.6 Å². The molecule has 1 N–H and O–H groups in total. The van der Waals surface area contributed by atoms with E-state index in [4.69, 9.17) is 18.9 Å². The first-order valence-corrected chi connectivity index (χ1v) is 11.2. The highest BCUT2D eigenvalue weighted by molar-refractivity contribution is 7.97. The molecule has 3 aromatic carbocycles. The summed E-state index contributed by atoms with van der Waals surface area (Å²) in [6.45, 7) is 0. The van der Waals surface area contributed by atoms with E-state index in [1.54, 1.807) is 66.7 Å². The van der Waals surface area contributed by atoms with Gasteiger partial charge in [0.1, 0.15) is 29.1 Å². The number of nitrogens with zero attached hydrogens (tertiary/aromatic N) is 1. The standard InChI is InChI=1S/C24H22N2O6S/c1-29-18-13-23(30-2)20(24(14-18)31-3)15-19(16-25)33(27,28)26-21-11-7-8-12-22(21)32-17-9-5-4-6-10-17/h4-15,26H,1-3H3/b19-15+. The maximum absolute atomic E-state index is 13.1. The van der Waals surface area contributed by atoms with Crippen LogP contribution in [0.2, 0.25) is 0 Å². The van der Waals surface area contributed by atoms with E-state index in [1.165, 1.54) is 27.4 Å². The molecule has 0 radical (unpaired) electrons. The molecule has 8 nitrogen and oxygen atoms in total. The van der Waals surface area contributed by atoms with Gasteiger partial charge in [-0.15, -0.1) is 0 Å². The molecular formula is C24H22N2O6S. The Morgan fingerprint density at radius 2 is 1.45 bits per heavy atom. The lowest BCUT2D eigenvalue weighted by atomic mass is 10.1. The van der Waals surface area contributed by atoms with Gasteiger partial charge < -0.3 is 18.9 Å². The molecule has 0 unspecified atom stereocenters. The van der Waals surface area contributed by atoms with Crippen molar-refractivity contribution in [1.82, 2.24) is 0 Å². The highest BCUT2D eigenvalue weighted by atomic mass is 32.2. The molecule has 0 heterocycles. The van der Waals surface area contributed by atoms with Crippen molar-refractivity contribution >= 4 is 21.8 Å². The summed E-state index contributed by atoms with van der Waals surface area (Å²) in [5, 5.41) is 9.66. The van der Waals surface area contributed by atoms with Gasteiger partial charge in [-0.1, -0.05) is 30.3 Å². The van der Waals surface area contributed by atoms with Gasteiger partial charge in [-0.25, -0.2) is 8.42 Å². The summed E-state index contributed by atoms with van der Waals surface area (Å²) in [6.07, 6.45) is 1.18. The van der Waals surface area contributed by atoms with Crippen molar-refractivity contribution in [1.29, 1.82) is 5.26 Å². The zero-order chi connectivity index (χ0) is 23.8. The first-order valence-electron chi connectivity index (χ1n) is 9.68. The molecule has 0 aliphatic rings. The maximum atomic E-state index is 13.1. The Kier molecular flexibility index (Phi) is 7.43. The molecule has 3 aromatic rings. The Labute approximate surface area is 192 Å². The minimum atomic E-state index is -4.28. The van der Waals surface area contributed by atoms with E-state index in [2.05, 4.69) is 4.72 Å². The lowest BCUT2D eigenvalue weighted by molar-refractivity contribution is 0.374. The molecule has 0 fully saturated rings. The minimum Gasteiger partial charge on any atom is -0.496 e. The summed E-state index contributed by atoms with van der Waals surface area (Å²) >= 11 is 0. The fourth-order valence-electron chi connectivity index (χ4n) is 2.93. The summed E-state index contributed by atoms with van der Waals surface area (Å²) in [5.74, 6) is 1.83. The number of nitriles is 1. The van der Waals surface area contributed by atoms with Crippen molar-refractivity contribution in [3.63, 3.8) is 0 Å². The van der Waals surface area contributed by atoms with Gasteiger partial charge >= 0.3 is 0 Å². The van der Waals surface area contributed by atoms with Crippen LogP contribution >= 0.6 is 0 Å². The molecular weight excluding hydrogens is 444 g/mol. The average molecular weight is 467 g/mol. The number of anilines is 1. The molecule has 0 bridgehead atoms. The summed E-state index contributed by atoms with van der Waals surface area (Å²) in [7, 11) is 0.0398. The van der Waals surface area contributed by atoms with Crippen LogP contribution in [0.15, 0.2) is 71.6 Å². The predicted octanol–water partition coefficient (Wildman–Crippen LogP) is 4.81. The Hall–Kier alpha value is -4.16. The van der Waals surface area contributed by atoms with E-state index in [0.29, 0.717) is 11.5 Å². The van der Waals surface area contributed by atoms with Crippen LogP contribution in [0.1, 0.15) is 5.56 Å². The Morgan fingerprint density at radius 3 is 2.03 bits per heavy atom. The van der Waals surface area contributed by atoms with Gasteiger partial charge in [0.2, 0.25) is 0 Å². The molecule has 33 heavy (non-hydrogen) atoms. The van der Waals surface area contributed by atoms with Crippen LogP contribution in [0.4, 0.5) is 5.69 Å². The Balaban J connectivity index is 2.00. The van der Waals surface area contributed by atoms with Crippen LogP contribution < -0.4 is 23.7 Å². The topological polar surface area (TPSA) is 107 Å². The van der Waals surface area contributed by atoms with Gasteiger partial charge in [0.25, 0.3) is 10.0 Å². The van der Waals surface area contributed by atoms with E-state index < -0.39 is 14.9 Å². The number of para-hydroxylation sites is 3. The molecule has 0 aliphatic heterocycles. The fourth-order valence-corrected chi connectivity index (χ4v) is 3.89. The van der Waals surface area contributed by atoms with Gasteiger partial charge in [-0.3, -0.25) is 4.72 Å². The Bertz CT molecular complexity index is 1270. The van der Waals surface area contributed by atoms with Crippen LogP contribution in [-0.2, 0) is 10.0 Å². The SMILES string of the molecule is COc1cc(OC)c(/C=C(\C#N)S(=O)(=O)Nc2ccccc2Oc2ccccc2)c(OC)c1. The average Bonchev–Trinajstić information content (AvgIpc) is 2.83. The number of methoxy groups -OCH3 is 3. The lowest BCUT2D eigenvalue weighted by Gasteiger charge is -2.14. The van der Waals surface area contributed by atoms with E-state index in [9.17, 15) is 13.7 Å². The number of benzene rings is 3. The van der Waals surface area contributed by atoms with Crippen LogP contribution in [-0.4, -0.2) is 29.7 Å². The van der Waals surface area contributed by atoms with Crippen LogP contribution in [0.5, 0.6) is 28.7 Å². The van der Waals surface area contributed by atoms with Crippen LogP contribution in [0.25, 0.3) is 6.08 Å². The monoisotopic (exact) mass is 466 g/mol. The number of allylic oxidation sites excluding steroid dienone is 1. The van der Waals surface area contributed by atoms with Gasteiger partial charge in [0, 0.05) is 12.1 Å². The normalized spacial score (nSPS) is 11.3. The van der Waals surface area contributed by atoms with Crippen molar-refractivity contribution < 1.29 is 27.4 Å². The highest BCUT2D eigenvalue weighted by Crippen LogP contribution is 2.37. The molecule has 0 saturated heterocycles. The first kappa shape index (κ1) is 23.5. The second kappa shape index (κ2) is 10.4. The second-order valence-corrected chi connectivity index (χ2v) is 8.23. The number of hydrogen-bond donors (Lipinski definition) is 1. The molecule has 3 rings (SSSR count). The van der Waals surface area contributed by atoms with Crippen molar-refractivity contribution in [3.8, 4) is 34.8 Å². The Morgan fingerprint density at radius 1 is 0.848 bits per heavy atom. The second-order valence-electron chi connectivity index (χ2n) is 6.58. The number of sulfonamides is 1. The number of ether oxygens (including phenoxy) is 4. The smallest absolute Gasteiger partial charge is 0.272 e. The molecule has 0 spiro atoms. The summed E-state index contributed by atoms with van der Waals surface area (Å²) in [4.78, 5) is -0.543. The number of nitrogens with one attached hydrogen (secondary N) is 1. The molecule has 0 aromatic heterocycles. The number of hydrogen-bond acceptors (Lipinski definition) is 7. The van der Waals surface area contributed by atoms with E-state index in [0.717, 1.165) is 0 Å². The largest absolute Gasteiger partial charge is 0.496 e. The molecule has 0 aliphatic carbocycles. The van der Waals surface area contributed by atoms with E-state index in [1.807, 2.05) is 6.07 Å². The van der Waals surface area contributed by atoms with Crippen molar-refractivity contribution in [2.75, 3.05) is 26.1 Å². The molecule has 0 amide bonds. The van der Waals surface area contributed by atoms with Crippen molar-refractivity contribution in [2.45, 2.75) is 0 Å². The molecule has 170 valence electrons. The van der Waals surface area contributed by atoms with Gasteiger partial charge in [0.15, 0.2) is 10.7 Å². The number of rotatable bonds is 9. The highest BCUT2D eigenvalue weighted by Gasteiger charge is 2.22. The third-order valence-corrected chi connectivity index (χ3v) is 5.81. The summed E-state index contributed by atoms with van der Waals surface area (Å²) in [5.41, 5.74) is 0.452. The fraction of sp³-hybridized carbons (Fsp3) is 0.125. The molecule has 0 saturated carbocycles. The van der Waals surface area contributed by atoms with Crippen LogP contribution in [0, 0.1) is 11.3 Å². The van der Waals surface area contributed by atoms with E-state index >= 15 is 0 Å². The van der Waals surface area contributed by atoms with Gasteiger partial charge in [-0.2, -0.15) is 5.26 Å². The van der Waals surface area contributed by atoms with Crippen molar-refractivity contribution in [3.05, 3.63) is 77.2 Å². The molecule has 9 heteroatoms. The van der Waals surface area contributed by atoms with Crippen LogP contribution in [0.3, 0.4) is 0 Å². The summed E-state index contributed by atoms with van der Waals surface area (Å²) < 4.78 is 50.3. The quantitative estimate of drug-likeness (QED) is 0.451.